The predicted molar refractivity (Wildman–Crippen MR) is 144 cm³/mol. The van der Waals surface area contributed by atoms with Crippen LogP contribution in [0.4, 0.5) is 5.69 Å². The highest BCUT2D eigenvalue weighted by Crippen LogP contribution is 2.35. The number of allylic oxidation sites excluding steroid dienone is 8. The van der Waals surface area contributed by atoms with E-state index < -0.39 is 0 Å². The summed E-state index contributed by atoms with van der Waals surface area (Å²) < 4.78 is 0. The number of rotatable bonds is 4. The molecule has 4 rings (SSSR count). The smallest absolute Gasteiger partial charge is 0.0831 e. The third-order valence-corrected chi connectivity index (χ3v) is 4.61. The molecule has 0 N–H and O–H groups in total. The highest BCUT2D eigenvalue weighted by atomic mass is 15.5. The number of hydrazone groups is 1. The molecule has 0 aromatic heterocycles. The number of hydrogen-bond acceptors (Lipinski definition) is 2. The zero-order chi connectivity index (χ0) is 23.6. The number of anilines is 1. The third kappa shape index (κ3) is 8.19. The van der Waals surface area contributed by atoms with Gasteiger partial charge in [-0.05, 0) is 35.8 Å². The molecule has 2 aromatic rings. The molecule has 32 heavy (non-hydrogen) atoms. The van der Waals surface area contributed by atoms with E-state index in [-0.39, 0.29) is 6.04 Å². The van der Waals surface area contributed by atoms with Crippen LogP contribution in [0.15, 0.2) is 114 Å². The van der Waals surface area contributed by atoms with Gasteiger partial charge in [-0.3, -0.25) is 5.01 Å². The maximum Gasteiger partial charge on any atom is 0.0831 e. The fraction of sp³-hybridized carbons (Fsp3) is 0.300. The minimum absolute atomic E-state index is 0.233. The molecule has 1 aliphatic carbocycles. The van der Waals surface area contributed by atoms with E-state index in [2.05, 4.69) is 102 Å². The molecule has 2 aliphatic rings. The van der Waals surface area contributed by atoms with E-state index in [0.717, 1.165) is 24.2 Å². The number of para-hydroxylation sites is 1. The first-order valence-corrected chi connectivity index (χ1v) is 12.1. The van der Waals surface area contributed by atoms with E-state index in [9.17, 15) is 0 Å². The van der Waals surface area contributed by atoms with Crippen LogP contribution in [0.1, 0.15) is 66.0 Å². The first-order valence-electron chi connectivity index (χ1n) is 12.1. The quantitative estimate of drug-likeness (QED) is 0.474. The van der Waals surface area contributed by atoms with Crippen molar-refractivity contribution in [2.24, 2.45) is 5.10 Å². The minimum atomic E-state index is 0.233. The van der Waals surface area contributed by atoms with Crippen LogP contribution < -0.4 is 5.01 Å². The molecular formula is C30H40N2. The van der Waals surface area contributed by atoms with E-state index >= 15 is 0 Å². The summed E-state index contributed by atoms with van der Waals surface area (Å²) in [5, 5.41) is 7.06. The van der Waals surface area contributed by atoms with Crippen molar-refractivity contribution in [2.75, 3.05) is 5.01 Å². The fourth-order valence-corrected chi connectivity index (χ4v) is 3.29. The lowest BCUT2D eigenvalue weighted by molar-refractivity contribution is 0.709. The Morgan fingerprint density at radius 2 is 1.41 bits per heavy atom. The van der Waals surface area contributed by atoms with Gasteiger partial charge in [0.1, 0.15) is 0 Å². The highest BCUT2D eigenvalue weighted by Gasteiger charge is 2.27. The molecule has 0 fully saturated rings. The summed E-state index contributed by atoms with van der Waals surface area (Å²) in [5.74, 6) is 0. The number of nitrogens with zero attached hydrogens (tertiary/aromatic N) is 2. The van der Waals surface area contributed by atoms with Crippen LogP contribution in [0.3, 0.4) is 0 Å². The van der Waals surface area contributed by atoms with Crippen LogP contribution in [-0.4, -0.2) is 5.71 Å². The van der Waals surface area contributed by atoms with Crippen molar-refractivity contribution in [3.63, 3.8) is 0 Å². The second-order valence-electron chi connectivity index (χ2n) is 6.47. The van der Waals surface area contributed by atoms with Crippen molar-refractivity contribution in [1.82, 2.24) is 0 Å². The third-order valence-electron chi connectivity index (χ3n) is 4.61. The molecule has 0 bridgehead atoms. The molecule has 170 valence electrons. The van der Waals surface area contributed by atoms with Crippen molar-refractivity contribution < 1.29 is 0 Å². The average molecular weight is 429 g/mol. The van der Waals surface area contributed by atoms with Crippen LogP contribution in [-0.2, 0) is 0 Å². The highest BCUT2D eigenvalue weighted by molar-refractivity contribution is 5.98. The van der Waals surface area contributed by atoms with Crippen LogP contribution >= 0.6 is 0 Å². The Balaban J connectivity index is 0.000000789. The zero-order valence-corrected chi connectivity index (χ0v) is 20.7. The van der Waals surface area contributed by atoms with E-state index in [4.69, 9.17) is 5.10 Å². The van der Waals surface area contributed by atoms with Gasteiger partial charge in [0.15, 0.2) is 0 Å². The zero-order valence-electron chi connectivity index (χ0n) is 20.7. The molecule has 1 atom stereocenters. The maximum absolute atomic E-state index is 4.92. The van der Waals surface area contributed by atoms with Crippen molar-refractivity contribution in [3.05, 3.63) is 114 Å². The Morgan fingerprint density at radius 1 is 0.781 bits per heavy atom. The van der Waals surface area contributed by atoms with Crippen molar-refractivity contribution in [1.29, 1.82) is 0 Å². The molecule has 1 unspecified atom stereocenters. The lowest BCUT2D eigenvalue weighted by atomic mass is 10.0. The van der Waals surface area contributed by atoms with Crippen LogP contribution in [0.5, 0.6) is 0 Å². The Kier molecular flexibility index (Phi) is 13.9. The second kappa shape index (κ2) is 16.5. The minimum Gasteiger partial charge on any atom is -0.257 e. The Hall–Kier alpha value is -3.13. The van der Waals surface area contributed by atoms with E-state index in [0.29, 0.717) is 0 Å². The van der Waals surface area contributed by atoms with Crippen molar-refractivity contribution in [2.45, 2.75) is 60.4 Å². The summed E-state index contributed by atoms with van der Waals surface area (Å²) in [6.07, 6.45) is 16.9. The Morgan fingerprint density at radius 3 is 2.06 bits per heavy atom. The molecule has 2 heteroatoms. The van der Waals surface area contributed by atoms with Gasteiger partial charge in [0.2, 0.25) is 0 Å². The second-order valence-corrected chi connectivity index (χ2v) is 6.47. The largest absolute Gasteiger partial charge is 0.257 e. The molecule has 0 saturated carbocycles. The first kappa shape index (κ1) is 26.9. The SMILES string of the molecule is C1=CCC=CC(/C=C/C2=NN(c3ccccc3)C(c3ccccc3)C2)=C1.CC.CC.CC. The van der Waals surface area contributed by atoms with Gasteiger partial charge in [0.25, 0.3) is 0 Å². The van der Waals surface area contributed by atoms with Gasteiger partial charge >= 0.3 is 0 Å². The summed E-state index contributed by atoms with van der Waals surface area (Å²) in [6.45, 7) is 12.0. The van der Waals surface area contributed by atoms with Gasteiger partial charge in [-0.15, -0.1) is 0 Å². The van der Waals surface area contributed by atoms with Gasteiger partial charge in [0, 0.05) is 6.42 Å². The van der Waals surface area contributed by atoms with Gasteiger partial charge in [0.05, 0.1) is 17.4 Å². The van der Waals surface area contributed by atoms with Crippen molar-refractivity contribution >= 4 is 11.4 Å². The fourth-order valence-electron chi connectivity index (χ4n) is 3.29. The van der Waals surface area contributed by atoms with Gasteiger partial charge in [-0.1, -0.05) is 127 Å². The summed E-state index contributed by atoms with van der Waals surface area (Å²) >= 11 is 0. The molecule has 0 radical (unpaired) electrons. The molecule has 0 amide bonds. The van der Waals surface area contributed by atoms with Gasteiger partial charge in [-0.25, -0.2) is 0 Å². The molecule has 2 nitrogen and oxygen atoms in total. The summed E-state index contributed by atoms with van der Waals surface area (Å²) in [4.78, 5) is 0. The number of benzene rings is 2. The van der Waals surface area contributed by atoms with Crippen molar-refractivity contribution in [3.8, 4) is 0 Å². The molecule has 1 aliphatic heterocycles. The molecule has 0 saturated heterocycles. The molecule has 2 aromatic carbocycles. The lowest BCUT2D eigenvalue weighted by Gasteiger charge is -2.23. The van der Waals surface area contributed by atoms with Crippen LogP contribution in [0.2, 0.25) is 0 Å². The van der Waals surface area contributed by atoms with Crippen LogP contribution in [0.25, 0.3) is 0 Å². The van der Waals surface area contributed by atoms with E-state index in [1.165, 1.54) is 11.1 Å². The Labute approximate surface area is 196 Å². The van der Waals surface area contributed by atoms with Crippen LogP contribution in [0, 0.1) is 0 Å². The summed E-state index contributed by atoms with van der Waals surface area (Å²) in [5.41, 5.74) is 4.72. The predicted octanol–water partition coefficient (Wildman–Crippen LogP) is 9.07. The lowest BCUT2D eigenvalue weighted by Crippen LogP contribution is -2.18. The monoisotopic (exact) mass is 428 g/mol. The Bertz CT molecular complexity index is 887. The molecular weight excluding hydrogens is 388 g/mol. The average Bonchev–Trinajstić information content (AvgIpc) is 3.15. The van der Waals surface area contributed by atoms with E-state index in [1.807, 2.05) is 47.6 Å². The topological polar surface area (TPSA) is 15.6 Å². The van der Waals surface area contributed by atoms with Gasteiger partial charge < -0.3 is 0 Å². The molecule has 1 heterocycles. The standard InChI is InChI=1S/C24H22N2.3C2H6/c1-2-6-12-20(11-5-1)17-18-22-19-24(21-13-7-3-8-14-21)26(25-22)23-15-9-4-10-16-23;3*1-2/h1,3-18,24H,2,19H2;3*1-2H3/b18-17+;;;. The maximum atomic E-state index is 4.92. The van der Waals surface area contributed by atoms with Gasteiger partial charge in [-0.2, -0.15) is 5.10 Å². The first-order chi connectivity index (χ1) is 15.9. The molecule has 0 spiro atoms. The van der Waals surface area contributed by atoms with E-state index in [1.54, 1.807) is 0 Å². The summed E-state index contributed by atoms with van der Waals surface area (Å²) in [6, 6.07) is 21.3. The normalized spacial score (nSPS) is 16.4. The summed E-state index contributed by atoms with van der Waals surface area (Å²) in [7, 11) is 0. The number of hydrogen-bond donors (Lipinski definition) is 0.